The van der Waals surface area contributed by atoms with Gasteiger partial charge in [0.2, 0.25) is 5.91 Å². The van der Waals surface area contributed by atoms with Gasteiger partial charge in [-0.15, -0.1) is 0 Å². The molecule has 5 nitrogen and oxygen atoms in total. The minimum absolute atomic E-state index is 0.383. The highest BCUT2D eigenvalue weighted by Crippen LogP contribution is 2.38. The van der Waals surface area contributed by atoms with Crippen LogP contribution in [0.3, 0.4) is 0 Å². The number of rotatable bonds is 2. The Morgan fingerprint density at radius 3 is 2.12 bits per heavy atom. The maximum absolute atomic E-state index is 13.8. The van der Waals surface area contributed by atoms with Crippen LogP contribution in [0.5, 0.6) is 0 Å². The van der Waals surface area contributed by atoms with E-state index in [-0.39, 0.29) is 5.56 Å². The first-order valence-electron chi connectivity index (χ1n) is 6.60. The molecule has 1 saturated heterocycles. The largest absolute Gasteiger partial charge is 0.394 e. The van der Waals surface area contributed by atoms with Gasteiger partial charge in [0.05, 0.1) is 23.5 Å². The fourth-order valence-corrected chi connectivity index (χ4v) is 2.59. The average Bonchev–Trinajstić information content (AvgIpc) is 2.91. The van der Waals surface area contributed by atoms with Crippen LogP contribution in [0.4, 0.5) is 22.0 Å². The second-order valence-electron chi connectivity index (χ2n) is 5.29. The minimum atomic E-state index is -4.80. The average molecular weight is 347 g/mol. The molecule has 1 fully saturated rings. The second kappa shape index (κ2) is 6.07. The maximum atomic E-state index is 13.8. The van der Waals surface area contributed by atoms with E-state index in [2.05, 4.69) is 0 Å². The summed E-state index contributed by atoms with van der Waals surface area (Å²) in [6.07, 6.45) is -4.80. The van der Waals surface area contributed by atoms with Gasteiger partial charge in [-0.05, 0) is 12.1 Å². The molecule has 1 heterocycles. The molecule has 10 heteroatoms. The molecule has 1 aromatic carbocycles. The SMILES string of the molecule is N#Cc1cc(F)c(C(=O)N2C[C@@H](C(F)(F)F)[C@H](C(N)=O)C2)c(F)c1. The number of hydrogen-bond acceptors (Lipinski definition) is 3. The lowest BCUT2D eigenvalue weighted by Gasteiger charge is -2.19. The summed E-state index contributed by atoms with van der Waals surface area (Å²) in [7, 11) is 0. The molecule has 2 rings (SSSR count). The van der Waals surface area contributed by atoms with Crippen molar-refractivity contribution in [1.82, 2.24) is 4.90 Å². The van der Waals surface area contributed by atoms with Crippen LogP contribution in [0.15, 0.2) is 12.1 Å². The number of nitrogens with zero attached hydrogens (tertiary/aromatic N) is 2. The molecule has 0 radical (unpaired) electrons. The zero-order valence-corrected chi connectivity index (χ0v) is 11.9. The smallest absolute Gasteiger partial charge is 0.369 e. The monoisotopic (exact) mass is 347 g/mol. The number of hydrogen-bond donors (Lipinski definition) is 1. The van der Waals surface area contributed by atoms with Crippen LogP contribution in [0, 0.1) is 34.8 Å². The molecule has 128 valence electrons. The summed E-state index contributed by atoms with van der Waals surface area (Å²) in [5, 5.41) is 8.59. The number of alkyl halides is 3. The summed E-state index contributed by atoms with van der Waals surface area (Å²) < 4.78 is 66.5. The summed E-state index contributed by atoms with van der Waals surface area (Å²) in [5.74, 6) is -9.24. The third-order valence-corrected chi connectivity index (χ3v) is 3.78. The van der Waals surface area contributed by atoms with E-state index >= 15 is 0 Å². The van der Waals surface area contributed by atoms with Crippen LogP contribution < -0.4 is 5.73 Å². The summed E-state index contributed by atoms with van der Waals surface area (Å²) in [6.45, 7) is -1.63. The number of benzene rings is 1. The Morgan fingerprint density at radius 2 is 1.75 bits per heavy atom. The zero-order chi connectivity index (χ0) is 18.2. The standard InChI is InChI=1S/C14H10F5N3O2/c15-9-1-6(3-20)2-10(16)11(9)13(24)22-4-7(12(21)23)8(5-22)14(17,18)19/h1-2,7-8H,4-5H2,(H2,21,23)/t7-,8-/m1/s1. The number of halogens is 5. The van der Waals surface area contributed by atoms with Crippen molar-refractivity contribution in [2.24, 2.45) is 17.6 Å². The second-order valence-corrected chi connectivity index (χ2v) is 5.29. The lowest BCUT2D eigenvalue weighted by molar-refractivity contribution is -0.182. The molecule has 24 heavy (non-hydrogen) atoms. The highest BCUT2D eigenvalue weighted by molar-refractivity contribution is 5.95. The highest BCUT2D eigenvalue weighted by atomic mass is 19.4. The van der Waals surface area contributed by atoms with Crippen LogP contribution >= 0.6 is 0 Å². The molecule has 0 bridgehead atoms. The molecule has 1 aliphatic rings. The third-order valence-electron chi connectivity index (χ3n) is 3.78. The van der Waals surface area contributed by atoms with Gasteiger partial charge < -0.3 is 10.6 Å². The van der Waals surface area contributed by atoms with Crippen molar-refractivity contribution in [1.29, 1.82) is 5.26 Å². The molecule has 0 spiro atoms. The summed E-state index contributed by atoms with van der Waals surface area (Å²) in [6, 6.07) is 2.67. The number of likely N-dealkylation sites (tertiary alicyclic amines) is 1. The number of amides is 2. The quantitative estimate of drug-likeness (QED) is 0.824. The van der Waals surface area contributed by atoms with Crippen LogP contribution in [-0.4, -0.2) is 36.0 Å². The number of carbonyl (C=O) groups is 2. The highest BCUT2D eigenvalue weighted by Gasteiger charge is 2.53. The van der Waals surface area contributed by atoms with Gasteiger partial charge in [-0.1, -0.05) is 0 Å². The minimum Gasteiger partial charge on any atom is -0.369 e. The van der Waals surface area contributed by atoms with E-state index in [0.29, 0.717) is 17.0 Å². The zero-order valence-electron chi connectivity index (χ0n) is 11.9. The van der Waals surface area contributed by atoms with Crippen LogP contribution in [-0.2, 0) is 4.79 Å². The lowest BCUT2D eigenvalue weighted by atomic mass is 9.95. The summed E-state index contributed by atoms with van der Waals surface area (Å²) in [4.78, 5) is 23.9. The van der Waals surface area contributed by atoms with Crippen molar-refractivity contribution >= 4 is 11.8 Å². The Kier molecular flexibility index (Phi) is 4.46. The molecule has 1 aliphatic heterocycles. The Labute approximate surface area is 132 Å². The Morgan fingerprint density at radius 1 is 1.21 bits per heavy atom. The molecule has 0 aliphatic carbocycles. The van der Waals surface area contributed by atoms with Gasteiger partial charge in [-0.25, -0.2) is 8.78 Å². The van der Waals surface area contributed by atoms with Gasteiger partial charge >= 0.3 is 6.18 Å². The van der Waals surface area contributed by atoms with Gasteiger partial charge in [0.25, 0.3) is 5.91 Å². The van der Waals surface area contributed by atoms with Gasteiger partial charge in [-0.3, -0.25) is 9.59 Å². The number of carbonyl (C=O) groups excluding carboxylic acids is 2. The van der Waals surface area contributed by atoms with Crippen LogP contribution in [0.25, 0.3) is 0 Å². The first-order chi connectivity index (χ1) is 11.1. The van der Waals surface area contributed by atoms with Gasteiger partial charge in [0.1, 0.15) is 17.2 Å². The Bertz CT molecular complexity index is 718. The maximum Gasteiger partial charge on any atom is 0.394 e. The first kappa shape index (κ1) is 17.7. The van der Waals surface area contributed by atoms with Crippen molar-refractivity contribution in [3.05, 3.63) is 34.9 Å². The van der Waals surface area contributed by atoms with Crippen molar-refractivity contribution in [3.8, 4) is 6.07 Å². The van der Waals surface area contributed by atoms with E-state index < -0.39 is 60.1 Å². The Hall–Kier alpha value is -2.70. The van der Waals surface area contributed by atoms with Crippen LogP contribution in [0.2, 0.25) is 0 Å². The van der Waals surface area contributed by atoms with E-state index in [1.165, 1.54) is 6.07 Å². The normalized spacial score (nSPS) is 20.8. The first-order valence-corrected chi connectivity index (χ1v) is 6.60. The molecule has 2 amide bonds. The summed E-state index contributed by atoms with van der Waals surface area (Å²) >= 11 is 0. The molecule has 0 unspecified atom stereocenters. The third kappa shape index (κ3) is 3.15. The fraction of sp³-hybridized carbons (Fsp3) is 0.357. The number of nitrogens with two attached hydrogens (primary N) is 1. The van der Waals surface area contributed by atoms with Gasteiger partial charge in [-0.2, -0.15) is 18.4 Å². The van der Waals surface area contributed by atoms with Gasteiger partial charge in [0.15, 0.2) is 0 Å². The fourth-order valence-electron chi connectivity index (χ4n) is 2.59. The predicted octanol–water partition coefficient (Wildman–Crippen LogP) is 1.57. The molecule has 2 N–H and O–H groups in total. The molecular weight excluding hydrogens is 337 g/mol. The molecule has 2 atom stereocenters. The van der Waals surface area contributed by atoms with E-state index in [0.717, 1.165) is 0 Å². The molecule has 1 aromatic rings. The van der Waals surface area contributed by atoms with E-state index in [9.17, 15) is 31.5 Å². The summed E-state index contributed by atoms with van der Waals surface area (Å²) in [5.41, 5.74) is 3.46. The van der Waals surface area contributed by atoms with E-state index in [1.807, 2.05) is 0 Å². The van der Waals surface area contributed by atoms with Crippen molar-refractivity contribution in [2.75, 3.05) is 13.1 Å². The van der Waals surface area contributed by atoms with Gasteiger partial charge in [0, 0.05) is 13.1 Å². The molecule has 0 saturated carbocycles. The Balaban J connectivity index is 2.35. The predicted molar refractivity (Wildman–Crippen MR) is 69.2 cm³/mol. The van der Waals surface area contributed by atoms with E-state index in [1.54, 1.807) is 0 Å². The number of nitriles is 1. The van der Waals surface area contributed by atoms with Crippen molar-refractivity contribution < 1.29 is 31.5 Å². The lowest BCUT2D eigenvalue weighted by Crippen LogP contribution is -2.37. The van der Waals surface area contributed by atoms with Crippen molar-refractivity contribution in [2.45, 2.75) is 6.18 Å². The van der Waals surface area contributed by atoms with E-state index in [4.69, 9.17) is 11.0 Å². The number of primary amides is 1. The molecule has 0 aromatic heterocycles. The topological polar surface area (TPSA) is 87.2 Å². The van der Waals surface area contributed by atoms with Crippen LogP contribution in [0.1, 0.15) is 15.9 Å². The van der Waals surface area contributed by atoms with Crippen molar-refractivity contribution in [3.63, 3.8) is 0 Å². The molecular formula is C14H10F5N3O2.